The van der Waals surface area contributed by atoms with Crippen LogP contribution < -0.4 is 9.47 Å². The molecule has 0 aliphatic heterocycles. The molecule has 1 aromatic carbocycles. The van der Waals surface area contributed by atoms with Crippen molar-refractivity contribution in [3.8, 4) is 11.5 Å². The molecule has 76 valence electrons. The average Bonchev–Trinajstić information content (AvgIpc) is 2.26. The van der Waals surface area contributed by atoms with Crippen molar-refractivity contribution in [3.05, 3.63) is 24.3 Å². The Bertz CT molecular complexity index is 323. The van der Waals surface area contributed by atoms with Crippen LogP contribution in [0.25, 0.3) is 0 Å². The Kier molecular flexibility index (Phi) is 3.79. The molecular weight excluding hydrogens is 182 g/mol. The highest BCUT2D eigenvalue weighted by Gasteiger charge is 1.97. The molecule has 1 N–H and O–H groups in total. The minimum atomic E-state index is 0.268. The zero-order chi connectivity index (χ0) is 10.4. The van der Waals surface area contributed by atoms with Gasteiger partial charge in [0.05, 0.1) is 12.8 Å². The van der Waals surface area contributed by atoms with Gasteiger partial charge in [0, 0.05) is 6.07 Å². The van der Waals surface area contributed by atoms with Crippen LogP contribution in [0, 0.1) is 0 Å². The molecule has 0 aromatic heterocycles. The molecule has 0 heterocycles. The summed E-state index contributed by atoms with van der Waals surface area (Å²) in [7, 11) is 1.60. The van der Waals surface area contributed by atoms with Crippen molar-refractivity contribution in [1.29, 1.82) is 0 Å². The number of oxime groups is 1. The van der Waals surface area contributed by atoms with Crippen molar-refractivity contribution in [2.75, 3.05) is 13.7 Å². The Labute approximate surface area is 82.8 Å². The first kappa shape index (κ1) is 10.4. The van der Waals surface area contributed by atoms with Crippen LogP contribution in [0.4, 0.5) is 0 Å². The lowest BCUT2D eigenvalue weighted by Crippen LogP contribution is -2.07. The smallest absolute Gasteiger partial charge is 0.129 e. The second-order valence-corrected chi connectivity index (χ2v) is 2.80. The summed E-state index contributed by atoms with van der Waals surface area (Å²) in [5.41, 5.74) is 0.521. The van der Waals surface area contributed by atoms with Crippen molar-refractivity contribution in [2.24, 2.45) is 5.16 Å². The van der Waals surface area contributed by atoms with E-state index in [9.17, 15) is 0 Å². The predicted molar refractivity (Wildman–Crippen MR) is 53.4 cm³/mol. The summed E-state index contributed by atoms with van der Waals surface area (Å²) in [4.78, 5) is 0. The van der Waals surface area contributed by atoms with Crippen molar-refractivity contribution in [3.63, 3.8) is 0 Å². The van der Waals surface area contributed by atoms with E-state index in [0.29, 0.717) is 11.5 Å². The standard InChI is InChI=1S/C10H13NO3/c1-8(11-12)7-14-10-5-3-4-9(6-10)13-2/h3-6,12H,7H2,1-2H3/b11-8+. The van der Waals surface area contributed by atoms with Gasteiger partial charge in [0.25, 0.3) is 0 Å². The van der Waals surface area contributed by atoms with Crippen LogP contribution in [-0.2, 0) is 0 Å². The molecule has 0 fully saturated rings. The van der Waals surface area contributed by atoms with E-state index in [1.807, 2.05) is 18.2 Å². The van der Waals surface area contributed by atoms with Crippen LogP contribution >= 0.6 is 0 Å². The number of ether oxygens (including phenoxy) is 2. The van der Waals surface area contributed by atoms with Gasteiger partial charge in [-0.2, -0.15) is 0 Å². The summed E-state index contributed by atoms with van der Waals surface area (Å²) in [6.07, 6.45) is 0. The number of benzene rings is 1. The lowest BCUT2D eigenvalue weighted by atomic mass is 10.3. The highest BCUT2D eigenvalue weighted by atomic mass is 16.5. The number of methoxy groups -OCH3 is 1. The quantitative estimate of drug-likeness (QED) is 0.453. The van der Waals surface area contributed by atoms with Crippen molar-refractivity contribution in [2.45, 2.75) is 6.92 Å². The van der Waals surface area contributed by atoms with Gasteiger partial charge in [-0.15, -0.1) is 0 Å². The molecular formula is C10H13NO3. The van der Waals surface area contributed by atoms with Gasteiger partial charge >= 0.3 is 0 Å². The molecule has 0 aliphatic carbocycles. The lowest BCUT2D eigenvalue weighted by molar-refractivity contribution is 0.306. The maximum Gasteiger partial charge on any atom is 0.129 e. The molecule has 0 unspecified atom stereocenters. The van der Waals surface area contributed by atoms with E-state index in [4.69, 9.17) is 14.7 Å². The average molecular weight is 195 g/mol. The Balaban J connectivity index is 2.58. The van der Waals surface area contributed by atoms with E-state index in [1.54, 1.807) is 20.1 Å². The van der Waals surface area contributed by atoms with Gasteiger partial charge in [0.1, 0.15) is 18.1 Å². The summed E-state index contributed by atoms with van der Waals surface area (Å²) in [6.45, 7) is 1.95. The maximum absolute atomic E-state index is 8.40. The first-order valence-electron chi connectivity index (χ1n) is 4.20. The molecule has 0 aliphatic rings. The monoisotopic (exact) mass is 195 g/mol. The minimum absolute atomic E-state index is 0.268. The largest absolute Gasteiger partial charge is 0.497 e. The molecule has 0 spiro atoms. The summed E-state index contributed by atoms with van der Waals surface area (Å²) in [5, 5.41) is 11.4. The van der Waals surface area contributed by atoms with Gasteiger partial charge < -0.3 is 14.7 Å². The fourth-order valence-electron chi connectivity index (χ4n) is 0.908. The summed E-state index contributed by atoms with van der Waals surface area (Å²) < 4.78 is 10.4. The van der Waals surface area contributed by atoms with Gasteiger partial charge in [-0.25, -0.2) is 0 Å². The van der Waals surface area contributed by atoms with E-state index in [1.165, 1.54) is 0 Å². The summed E-state index contributed by atoms with van der Waals surface area (Å²) >= 11 is 0. The van der Waals surface area contributed by atoms with Crippen molar-refractivity contribution < 1.29 is 14.7 Å². The van der Waals surface area contributed by atoms with Crippen LogP contribution in [0.5, 0.6) is 11.5 Å². The summed E-state index contributed by atoms with van der Waals surface area (Å²) in [5.74, 6) is 1.42. The van der Waals surface area contributed by atoms with E-state index in [0.717, 1.165) is 5.75 Å². The molecule has 4 heteroatoms. The normalized spacial score (nSPS) is 11.1. The third-order valence-corrected chi connectivity index (χ3v) is 1.66. The highest BCUT2D eigenvalue weighted by Crippen LogP contribution is 2.18. The Morgan fingerprint density at radius 1 is 1.43 bits per heavy atom. The zero-order valence-corrected chi connectivity index (χ0v) is 8.23. The molecule has 4 nitrogen and oxygen atoms in total. The molecule has 0 atom stereocenters. The second kappa shape index (κ2) is 5.11. The molecule has 0 saturated carbocycles. The fourth-order valence-corrected chi connectivity index (χ4v) is 0.908. The second-order valence-electron chi connectivity index (χ2n) is 2.80. The van der Waals surface area contributed by atoms with Gasteiger partial charge in [-0.1, -0.05) is 11.2 Å². The van der Waals surface area contributed by atoms with Gasteiger partial charge in [-0.3, -0.25) is 0 Å². The van der Waals surface area contributed by atoms with Crippen LogP contribution in [0.15, 0.2) is 29.4 Å². The van der Waals surface area contributed by atoms with E-state index in [2.05, 4.69) is 5.16 Å². The van der Waals surface area contributed by atoms with E-state index in [-0.39, 0.29) is 6.61 Å². The Morgan fingerprint density at radius 3 is 2.79 bits per heavy atom. The van der Waals surface area contributed by atoms with Crippen LogP contribution in [0.3, 0.4) is 0 Å². The molecule has 1 aromatic rings. The van der Waals surface area contributed by atoms with Gasteiger partial charge in [0.2, 0.25) is 0 Å². The topological polar surface area (TPSA) is 51.0 Å². The van der Waals surface area contributed by atoms with E-state index < -0.39 is 0 Å². The van der Waals surface area contributed by atoms with Crippen LogP contribution in [-0.4, -0.2) is 24.6 Å². The van der Waals surface area contributed by atoms with Crippen molar-refractivity contribution in [1.82, 2.24) is 0 Å². The molecule has 0 amide bonds. The molecule has 0 saturated heterocycles. The number of hydrogen-bond acceptors (Lipinski definition) is 4. The number of rotatable bonds is 4. The Morgan fingerprint density at radius 2 is 2.14 bits per heavy atom. The zero-order valence-electron chi connectivity index (χ0n) is 8.23. The third kappa shape index (κ3) is 2.97. The predicted octanol–water partition coefficient (Wildman–Crippen LogP) is 1.92. The molecule has 14 heavy (non-hydrogen) atoms. The minimum Gasteiger partial charge on any atom is -0.497 e. The molecule has 1 rings (SSSR count). The molecule has 0 bridgehead atoms. The first-order chi connectivity index (χ1) is 6.76. The third-order valence-electron chi connectivity index (χ3n) is 1.66. The van der Waals surface area contributed by atoms with Gasteiger partial charge in [-0.05, 0) is 19.1 Å². The fraction of sp³-hybridized carbons (Fsp3) is 0.300. The summed E-state index contributed by atoms with van der Waals surface area (Å²) in [6, 6.07) is 7.25. The van der Waals surface area contributed by atoms with E-state index >= 15 is 0 Å². The lowest BCUT2D eigenvalue weighted by Gasteiger charge is -2.06. The SMILES string of the molecule is COc1cccc(OC/C(C)=N/O)c1. The van der Waals surface area contributed by atoms with Crippen molar-refractivity contribution >= 4 is 5.71 Å². The number of hydrogen-bond donors (Lipinski definition) is 1. The van der Waals surface area contributed by atoms with Gasteiger partial charge in [0.15, 0.2) is 0 Å². The van der Waals surface area contributed by atoms with Crippen LogP contribution in [0.2, 0.25) is 0 Å². The first-order valence-corrected chi connectivity index (χ1v) is 4.20. The molecule has 0 radical (unpaired) electrons. The van der Waals surface area contributed by atoms with Crippen LogP contribution in [0.1, 0.15) is 6.92 Å². The number of nitrogens with zero attached hydrogens (tertiary/aromatic N) is 1. The Hall–Kier alpha value is -1.71. The maximum atomic E-state index is 8.40. The highest BCUT2D eigenvalue weighted by molar-refractivity contribution is 5.82.